The molecule has 9 nitrogen and oxygen atoms in total. The first-order valence-electron chi connectivity index (χ1n) is 7.94. The molecule has 0 radical (unpaired) electrons. The van der Waals surface area contributed by atoms with Gasteiger partial charge in [0.1, 0.15) is 6.04 Å². The maximum Gasteiger partial charge on any atom is 0.326 e. The summed E-state index contributed by atoms with van der Waals surface area (Å²) in [6.45, 7) is 4.17. The number of aliphatic carboxylic acids is 1. The number of nitrogens with zero attached hydrogens (tertiary/aromatic N) is 3. The van der Waals surface area contributed by atoms with E-state index in [9.17, 15) is 14.4 Å². The number of carbonyl (C=O) groups excluding carboxylic acids is 2. The van der Waals surface area contributed by atoms with E-state index in [1.807, 2.05) is 0 Å². The number of hydrogen-bond acceptors (Lipinski definition) is 4. The van der Waals surface area contributed by atoms with Crippen LogP contribution in [-0.4, -0.2) is 42.0 Å². The van der Waals surface area contributed by atoms with Gasteiger partial charge in [0.05, 0.1) is 0 Å². The maximum atomic E-state index is 11.7. The van der Waals surface area contributed by atoms with E-state index in [2.05, 4.69) is 27.2 Å². The van der Waals surface area contributed by atoms with Crippen LogP contribution in [0.25, 0.3) is 10.4 Å². The van der Waals surface area contributed by atoms with E-state index < -0.39 is 12.0 Å². The number of hydrogen-bond donors (Lipinski definition) is 3. The van der Waals surface area contributed by atoms with Gasteiger partial charge in [-0.05, 0) is 43.7 Å². The minimum atomic E-state index is -1.07. The van der Waals surface area contributed by atoms with E-state index >= 15 is 0 Å². The molecule has 0 aliphatic heterocycles. The number of rotatable bonds is 14. The monoisotopic (exact) mass is 339 g/mol. The van der Waals surface area contributed by atoms with E-state index in [-0.39, 0.29) is 18.2 Å². The molecule has 2 amide bonds. The molecule has 0 bridgehead atoms. The quantitative estimate of drug-likeness (QED) is 0.146. The van der Waals surface area contributed by atoms with Gasteiger partial charge in [0.2, 0.25) is 11.8 Å². The minimum absolute atomic E-state index is 0.245. The molecule has 1 unspecified atom stereocenters. The number of nitrogens with one attached hydrogen (secondary N) is 2. The zero-order valence-electron chi connectivity index (χ0n) is 13.7. The van der Waals surface area contributed by atoms with Gasteiger partial charge in [-0.1, -0.05) is 18.1 Å². The van der Waals surface area contributed by atoms with Crippen molar-refractivity contribution in [3.8, 4) is 0 Å². The Hall–Kier alpha value is -2.54. The van der Waals surface area contributed by atoms with Crippen LogP contribution < -0.4 is 10.6 Å². The van der Waals surface area contributed by atoms with Gasteiger partial charge in [-0.15, -0.1) is 0 Å². The van der Waals surface area contributed by atoms with Crippen LogP contribution in [0.4, 0.5) is 0 Å². The third-order valence-corrected chi connectivity index (χ3v) is 3.26. The lowest BCUT2D eigenvalue weighted by Gasteiger charge is -2.14. The highest BCUT2D eigenvalue weighted by atomic mass is 16.4. The second-order valence-corrected chi connectivity index (χ2v) is 5.21. The van der Waals surface area contributed by atoms with Gasteiger partial charge >= 0.3 is 5.97 Å². The van der Waals surface area contributed by atoms with E-state index in [1.54, 1.807) is 0 Å². The maximum absolute atomic E-state index is 11.7. The Balaban J connectivity index is 3.91. The van der Waals surface area contributed by atoms with Gasteiger partial charge in [-0.2, -0.15) is 0 Å². The molecule has 0 heterocycles. The highest BCUT2D eigenvalue weighted by Gasteiger charge is 2.18. The van der Waals surface area contributed by atoms with Crippen molar-refractivity contribution in [2.45, 2.75) is 51.0 Å². The fraction of sp³-hybridized carbons (Fsp3) is 0.667. The number of carbonyl (C=O) groups is 3. The Labute approximate surface area is 141 Å². The Morgan fingerprint density at radius 1 is 1.21 bits per heavy atom. The Morgan fingerprint density at radius 3 is 2.58 bits per heavy atom. The molecular weight excluding hydrogens is 314 g/mol. The summed E-state index contributed by atoms with van der Waals surface area (Å²) in [5.41, 5.74) is 8.12. The predicted molar refractivity (Wildman–Crippen MR) is 89.1 cm³/mol. The molecule has 0 aromatic heterocycles. The lowest BCUT2D eigenvalue weighted by atomic mass is 10.1. The molecule has 0 aliphatic rings. The van der Waals surface area contributed by atoms with Crippen molar-refractivity contribution in [2.75, 3.05) is 13.1 Å². The lowest BCUT2D eigenvalue weighted by molar-refractivity contribution is -0.142. The molecule has 0 aromatic carbocycles. The van der Waals surface area contributed by atoms with Crippen molar-refractivity contribution in [3.05, 3.63) is 23.1 Å². The average Bonchev–Trinajstić information content (AvgIpc) is 2.56. The Morgan fingerprint density at radius 2 is 1.96 bits per heavy atom. The van der Waals surface area contributed by atoms with Gasteiger partial charge < -0.3 is 15.7 Å². The van der Waals surface area contributed by atoms with E-state index in [4.69, 9.17) is 10.6 Å². The van der Waals surface area contributed by atoms with Crippen molar-refractivity contribution >= 4 is 17.8 Å². The second kappa shape index (κ2) is 14.1. The SMILES string of the molecule is C=CC(=O)NCCCCC(NC(=O)CCCCCN=[N+]=[N-])C(=O)O. The van der Waals surface area contributed by atoms with Crippen LogP contribution in [-0.2, 0) is 14.4 Å². The lowest BCUT2D eigenvalue weighted by Crippen LogP contribution is -2.40. The average molecular weight is 339 g/mol. The molecule has 1 atom stereocenters. The van der Waals surface area contributed by atoms with Crippen molar-refractivity contribution in [3.63, 3.8) is 0 Å². The third-order valence-electron chi connectivity index (χ3n) is 3.26. The molecule has 24 heavy (non-hydrogen) atoms. The first kappa shape index (κ1) is 21.5. The molecule has 0 aliphatic carbocycles. The van der Waals surface area contributed by atoms with Gasteiger partial charge in [-0.3, -0.25) is 9.59 Å². The Bertz CT molecular complexity index is 474. The summed E-state index contributed by atoms with van der Waals surface area (Å²) in [6.07, 6.45) is 4.99. The fourth-order valence-electron chi connectivity index (χ4n) is 1.97. The van der Waals surface area contributed by atoms with Gasteiger partial charge in [0.25, 0.3) is 0 Å². The van der Waals surface area contributed by atoms with Crippen LogP contribution in [0.3, 0.4) is 0 Å². The van der Waals surface area contributed by atoms with E-state index in [0.29, 0.717) is 45.2 Å². The van der Waals surface area contributed by atoms with Crippen LogP contribution in [0, 0.1) is 0 Å². The van der Waals surface area contributed by atoms with E-state index in [1.165, 1.54) is 6.08 Å². The largest absolute Gasteiger partial charge is 0.480 e. The van der Waals surface area contributed by atoms with Crippen LogP contribution >= 0.6 is 0 Å². The first-order valence-corrected chi connectivity index (χ1v) is 7.94. The topological polar surface area (TPSA) is 144 Å². The summed E-state index contributed by atoms with van der Waals surface area (Å²) in [7, 11) is 0. The van der Waals surface area contributed by atoms with Crippen LogP contribution in [0.5, 0.6) is 0 Å². The van der Waals surface area contributed by atoms with Crippen molar-refractivity contribution in [2.24, 2.45) is 5.11 Å². The summed E-state index contributed by atoms with van der Waals surface area (Å²) in [5.74, 6) is -1.63. The molecule has 0 fully saturated rings. The minimum Gasteiger partial charge on any atom is -0.480 e. The van der Waals surface area contributed by atoms with Gasteiger partial charge in [-0.25, -0.2) is 4.79 Å². The van der Waals surface area contributed by atoms with Crippen LogP contribution in [0.1, 0.15) is 44.9 Å². The van der Waals surface area contributed by atoms with Gasteiger partial charge in [0.15, 0.2) is 0 Å². The number of azide groups is 1. The number of amides is 2. The molecule has 0 spiro atoms. The number of carboxylic acid groups (broad SMARTS) is 1. The summed E-state index contributed by atoms with van der Waals surface area (Å²) in [6, 6.07) is -0.921. The second-order valence-electron chi connectivity index (χ2n) is 5.21. The predicted octanol–water partition coefficient (Wildman–Crippen LogP) is 1.90. The molecule has 0 aromatic rings. The standard InChI is InChI=1S/C15H25N5O4/c1-2-13(21)17-10-7-5-8-12(15(23)24)19-14(22)9-4-3-6-11-18-20-16/h2,12H,1,3-11H2,(H,17,21)(H,19,22)(H,23,24). The smallest absolute Gasteiger partial charge is 0.326 e. The molecule has 3 N–H and O–H groups in total. The summed E-state index contributed by atoms with van der Waals surface area (Å²) >= 11 is 0. The van der Waals surface area contributed by atoms with Crippen molar-refractivity contribution in [1.29, 1.82) is 0 Å². The van der Waals surface area contributed by atoms with Gasteiger partial charge in [0, 0.05) is 24.4 Å². The number of unbranched alkanes of at least 4 members (excludes halogenated alkanes) is 3. The summed E-state index contributed by atoms with van der Waals surface area (Å²) < 4.78 is 0. The zero-order chi connectivity index (χ0) is 18.2. The molecule has 0 saturated carbocycles. The summed E-state index contributed by atoms with van der Waals surface area (Å²) in [5, 5.41) is 17.6. The van der Waals surface area contributed by atoms with E-state index in [0.717, 1.165) is 6.42 Å². The molecule has 0 rings (SSSR count). The molecular formula is C15H25N5O4. The molecule has 0 saturated heterocycles. The summed E-state index contributed by atoms with van der Waals surface area (Å²) in [4.78, 5) is 36.5. The van der Waals surface area contributed by atoms with Crippen molar-refractivity contribution < 1.29 is 19.5 Å². The van der Waals surface area contributed by atoms with Crippen LogP contribution in [0.15, 0.2) is 17.8 Å². The highest BCUT2D eigenvalue weighted by Crippen LogP contribution is 2.04. The van der Waals surface area contributed by atoms with Crippen molar-refractivity contribution in [1.82, 2.24) is 10.6 Å². The zero-order valence-corrected chi connectivity index (χ0v) is 13.7. The fourth-order valence-corrected chi connectivity index (χ4v) is 1.97. The molecule has 134 valence electrons. The third kappa shape index (κ3) is 12.0. The van der Waals surface area contributed by atoms with Crippen LogP contribution in [0.2, 0.25) is 0 Å². The Kier molecular flexibility index (Phi) is 12.6. The first-order chi connectivity index (χ1) is 11.5. The number of carboxylic acids is 1. The normalized spacial score (nSPS) is 11.0. The molecule has 9 heteroatoms. The highest BCUT2D eigenvalue weighted by molar-refractivity contribution is 5.86.